The van der Waals surface area contributed by atoms with Gasteiger partial charge in [0.25, 0.3) is 5.91 Å². The quantitative estimate of drug-likeness (QED) is 0.641. The molecule has 1 aromatic heterocycles. The molecule has 0 fully saturated rings. The van der Waals surface area contributed by atoms with Crippen molar-refractivity contribution in [3.8, 4) is 0 Å². The number of ether oxygens (including phenoxy) is 1. The lowest BCUT2D eigenvalue weighted by molar-refractivity contribution is -0.119. The van der Waals surface area contributed by atoms with E-state index in [1.807, 2.05) is 0 Å². The third kappa shape index (κ3) is 4.52. The number of esters is 1. The van der Waals surface area contributed by atoms with Crippen LogP contribution in [0.1, 0.15) is 20.7 Å². The predicted octanol–water partition coefficient (Wildman–Crippen LogP) is 2.23. The summed E-state index contributed by atoms with van der Waals surface area (Å²) in [4.78, 5) is 37.9. The zero-order valence-corrected chi connectivity index (χ0v) is 12.4. The van der Waals surface area contributed by atoms with Crippen molar-refractivity contribution in [3.05, 3.63) is 58.9 Å². The molecule has 0 bridgehead atoms. The fourth-order valence-electron chi connectivity index (χ4n) is 1.64. The van der Waals surface area contributed by atoms with Crippen LogP contribution >= 0.6 is 11.6 Å². The second-order valence-corrected chi connectivity index (χ2v) is 4.71. The number of carbonyl (C=O) groups is 3. The van der Waals surface area contributed by atoms with Crippen molar-refractivity contribution in [2.24, 2.45) is 0 Å². The maximum absolute atomic E-state index is 11.8. The first-order valence-corrected chi connectivity index (χ1v) is 6.76. The van der Waals surface area contributed by atoms with Gasteiger partial charge in [-0.15, -0.1) is 0 Å². The van der Waals surface area contributed by atoms with E-state index in [0.717, 1.165) is 0 Å². The van der Waals surface area contributed by atoms with Crippen LogP contribution in [0.2, 0.25) is 5.15 Å². The van der Waals surface area contributed by atoms with E-state index < -0.39 is 24.5 Å². The van der Waals surface area contributed by atoms with Gasteiger partial charge in [0, 0.05) is 11.9 Å². The van der Waals surface area contributed by atoms with Crippen LogP contribution in [0, 0.1) is 0 Å². The minimum Gasteiger partial charge on any atom is -0.478 e. The molecule has 0 spiro atoms. The highest BCUT2D eigenvalue weighted by Crippen LogP contribution is 2.13. The number of anilines is 1. The molecule has 0 saturated heterocycles. The lowest BCUT2D eigenvalue weighted by Gasteiger charge is -2.07. The van der Waals surface area contributed by atoms with Crippen molar-refractivity contribution >= 4 is 35.1 Å². The topological polar surface area (TPSA) is 106 Å². The van der Waals surface area contributed by atoms with Gasteiger partial charge in [-0.3, -0.25) is 4.79 Å². The maximum atomic E-state index is 11.8. The van der Waals surface area contributed by atoms with Gasteiger partial charge in [-0.05, 0) is 36.4 Å². The molecular weight excluding hydrogens is 324 g/mol. The monoisotopic (exact) mass is 334 g/mol. The number of amides is 1. The van der Waals surface area contributed by atoms with Crippen LogP contribution in [0.15, 0.2) is 42.6 Å². The Labute approximate surface area is 135 Å². The fourth-order valence-corrected chi connectivity index (χ4v) is 1.84. The number of benzene rings is 1. The first-order chi connectivity index (χ1) is 11.0. The third-order valence-electron chi connectivity index (χ3n) is 2.73. The maximum Gasteiger partial charge on any atom is 0.341 e. The highest BCUT2D eigenvalue weighted by Gasteiger charge is 2.14. The standard InChI is InChI=1S/C15H11ClN2O5/c16-13-11(2-1-7-17-13)15(22)23-8-12(19)18-10-5-3-9(4-6-10)14(20)21/h1-7H,8H2,(H,18,19)(H,20,21). The minimum atomic E-state index is -1.06. The Bertz CT molecular complexity index is 746. The van der Waals surface area contributed by atoms with Crippen LogP contribution in [0.3, 0.4) is 0 Å². The Morgan fingerprint density at radius 3 is 2.48 bits per heavy atom. The van der Waals surface area contributed by atoms with E-state index in [4.69, 9.17) is 21.4 Å². The van der Waals surface area contributed by atoms with Crippen LogP contribution in [0.5, 0.6) is 0 Å². The van der Waals surface area contributed by atoms with Gasteiger partial charge in [-0.2, -0.15) is 0 Å². The van der Waals surface area contributed by atoms with E-state index in [1.54, 1.807) is 0 Å². The summed E-state index contributed by atoms with van der Waals surface area (Å²) in [6.45, 7) is -0.509. The average Bonchev–Trinajstić information content (AvgIpc) is 2.53. The number of aromatic nitrogens is 1. The summed E-state index contributed by atoms with van der Waals surface area (Å²) in [5.74, 6) is -2.40. The molecule has 0 aliphatic rings. The van der Waals surface area contributed by atoms with E-state index in [0.29, 0.717) is 5.69 Å². The Kier molecular flexibility index (Phi) is 5.27. The fraction of sp³-hybridized carbons (Fsp3) is 0.0667. The van der Waals surface area contributed by atoms with Crippen molar-refractivity contribution in [1.82, 2.24) is 4.98 Å². The first-order valence-electron chi connectivity index (χ1n) is 6.38. The highest BCUT2D eigenvalue weighted by atomic mass is 35.5. The number of nitrogens with one attached hydrogen (secondary N) is 1. The normalized spacial score (nSPS) is 9.96. The summed E-state index contributed by atoms with van der Waals surface area (Å²) >= 11 is 5.74. The van der Waals surface area contributed by atoms with Crippen molar-refractivity contribution in [2.45, 2.75) is 0 Å². The number of nitrogens with zero attached hydrogens (tertiary/aromatic N) is 1. The van der Waals surface area contributed by atoms with E-state index in [1.165, 1.54) is 42.6 Å². The molecule has 0 radical (unpaired) electrons. The van der Waals surface area contributed by atoms with Gasteiger partial charge in [0.15, 0.2) is 6.61 Å². The number of rotatable bonds is 5. The van der Waals surface area contributed by atoms with Crippen molar-refractivity contribution in [3.63, 3.8) is 0 Å². The molecule has 2 rings (SSSR count). The largest absolute Gasteiger partial charge is 0.478 e. The number of halogens is 1. The zero-order valence-electron chi connectivity index (χ0n) is 11.7. The van der Waals surface area contributed by atoms with Crippen LogP contribution in [-0.4, -0.2) is 34.5 Å². The minimum absolute atomic E-state index is 0.0119. The molecular formula is C15H11ClN2O5. The summed E-state index contributed by atoms with van der Waals surface area (Å²) in [7, 11) is 0. The molecule has 8 heteroatoms. The van der Waals surface area contributed by atoms with Crippen LogP contribution in [0.25, 0.3) is 0 Å². The van der Waals surface area contributed by atoms with Crippen molar-refractivity contribution in [1.29, 1.82) is 0 Å². The molecule has 23 heavy (non-hydrogen) atoms. The molecule has 0 unspecified atom stereocenters. The lowest BCUT2D eigenvalue weighted by atomic mass is 10.2. The van der Waals surface area contributed by atoms with E-state index in [-0.39, 0.29) is 16.3 Å². The Hall–Kier alpha value is -2.93. The molecule has 0 aliphatic heterocycles. The summed E-state index contributed by atoms with van der Waals surface area (Å²) < 4.78 is 4.84. The van der Waals surface area contributed by atoms with Gasteiger partial charge in [0.05, 0.1) is 11.1 Å². The number of carbonyl (C=O) groups excluding carboxylic acids is 2. The number of hydrogen-bond acceptors (Lipinski definition) is 5. The van der Waals surface area contributed by atoms with Gasteiger partial charge in [-0.25, -0.2) is 14.6 Å². The van der Waals surface area contributed by atoms with Crippen LogP contribution in [-0.2, 0) is 9.53 Å². The predicted molar refractivity (Wildman–Crippen MR) is 81.6 cm³/mol. The molecule has 1 amide bonds. The first kappa shape index (κ1) is 16.4. The second-order valence-electron chi connectivity index (χ2n) is 4.35. The summed E-state index contributed by atoms with van der Waals surface area (Å²) in [5.41, 5.74) is 0.545. The van der Waals surface area contributed by atoms with E-state index in [2.05, 4.69) is 10.3 Å². The summed E-state index contributed by atoms with van der Waals surface area (Å²) in [6, 6.07) is 8.51. The summed E-state index contributed by atoms with van der Waals surface area (Å²) in [5, 5.41) is 11.2. The lowest BCUT2D eigenvalue weighted by Crippen LogP contribution is -2.21. The number of hydrogen-bond donors (Lipinski definition) is 2. The molecule has 2 N–H and O–H groups in total. The number of aromatic carboxylic acids is 1. The van der Waals surface area contributed by atoms with Gasteiger partial charge in [0.1, 0.15) is 5.15 Å². The highest BCUT2D eigenvalue weighted by molar-refractivity contribution is 6.32. The zero-order chi connectivity index (χ0) is 16.8. The number of carboxylic acid groups (broad SMARTS) is 1. The molecule has 118 valence electrons. The SMILES string of the molecule is O=C(COC(=O)c1cccnc1Cl)Nc1ccc(C(=O)O)cc1. The smallest absolute Gasteiger partial charge is 0.341 e. The average molecular weight is 335 g/mol. The molecule has 0 saturated carbocycles. The van der Waals surface area contributed by atoms with Crippen LogP contribution < -0.4 is 5.32 Å². The molecule has 1 aromatic carbocycles. The van der Waals surface area contributed by atoms with Crippen molar-refractivity contribution < 1.29 is 24.2 Å². The van der Waals surface area contributed by atoms with E-state index in [9.17, 15) is 14.4 Å². The summed E-state index contributed by atoms with van der Waals surface area (Å²) in [6.07, 6.45) is 1.42. The second kappa shape index (κ2) is 7.37. The van der Waals surface area contributed by atoms with Gasteiger partial charge >= 0.3 is 11.9 Å². The molecule has 2 aromatic rings. The molecule has 0 aliphatic carbocycles. The van der Waals surface area contributed by atoms with Gasteiger partial charge < -0.3 is 15.2 Å². The number of carboxylic acids is 1. The van der Waals surface area contributed by atoms with Crippen molar-refractivity contribution in [2.75, 3.05) is 11.9 Å². The van der Waals surface area contributed by atoms with Gasteiger partial charge in [-0.1, -0.05) is 11.6 Å². The Morgan fingerprint density at radius 2 is 1.87 bits per heavy atom. The van der Waals surface area contributed by atoms with Gasteiger partial charge in [0.2, 0.25) is 0 Å². The number of pyridine rings is 1. The van der Waals surface area contributed by atoms with E-state index >= 15 is 0 Å². The Balaban J connectivity index is 1.89. The third-order valence-corrected chi connectivity index (χ3v) is 3.03. The molecule has 7 nitrogen and oxygen atoms in total. The van der Waals surface area contributed by atoms with Crippen LogP contribution in [0.4, 0.5) is 5.69 Å². The molecule has 0 atom stereocenters. The Morgan fingerprint density at radius 1 is 1.17 bits per heavy atom. The molecule has 1 heterocycles.